The van der Waals surface area contributed by atoms with Crippen LogP contribution in [0.25, 0.3) is 33.2 Å². The molecule has 0 saturated carbocycles. The molecule has 0 amide bonds. The molecule has 1 heterocycles. The summed E-state index contributed by atoms with van der Waals surface area (Å²) >= 11 is 0. The maximum absolute atomic E-state index is 14.2. The van der Waals surface area contributed by atoms with E-state index in [4.69, 9.17) is 0 Å². The lowest BCUT2D eigenvalue weighted by molar-refractivity contribution is 0.628. The minimum absolute atomic E-state index is 0.341. The Balaban J connectivity index is 1.39. The standard InChI is InChI=1S/C39H26F3NSi/c40-31-11-19-35(20-12-31)44(36-21-13-32(41)14-22-36,37-23-15-33(42)16-24-37)34-17-9-27(10-18-34)29-5-1-6-30(26-29)38-8-2-4-28-7-3-25-43-39(28)38/h1-26H. The summed E-state index contributed by atoms with van der Waals surface area (Å²) in [5.41, 5.74) is 5.18. The third-order valence-electron chi connectivity index (χ3n) is 8.29. The van der Waals surface area contributed by atoms with Crippen LogP contribution in [0.1, 0.15) is 0 Å². The van der Waals surface area contributed by atoms with Crippen molar-refractivity contribution in [2.75, 3.05) is 0 Å². The molecule has 212 valence electrons. The highest BCUT2D eigenvalue weighted by atomic mass is 28.3. The van der Waals surface area contributed by atoms with Crippen LogP contribution in [0, 0.1) is 17.5 Å². The van der Waals surface area contributed by atoms with Crippen LogP contribution in [0.3, 0.4) is 0 Å². The highest BCUT2D eigenvalue weighted by molar-refractivity contribution is 7.19. The molecule has 1 aromatic heterocycles. The number of rotatable bonds is 6. The van der Waals surface area contributed by atoms with Crippen LogP contribution in [0.4, 0.5) is 13.2 Å². The zero-order valence-electron chi connectivity index (χ0n) is 23.6. The smallest absolute Gasteiger partial charge is 0.179 e. The molecule has 0 spiro atoms. The lowest BCUT2D eigenvalue weighted by atomic mass is 9.97. The Hall–Kier alpha value is -5.26. The molecule has 1 nitrogen and oxygen atoms in total. The van der Waals surface area contributed by atoms with Gasteiger partial charge in [-0.3, -0.25) is 4.98 Å². The monoisotopic (exact) mass is 593 g/mol. The summed E-state index contributed by atoms with van der Waals surface area (Å²) in [7, 11) is -3.09. The van der Waals surface area contributed by atoms with Gasteiger partial charge in [0.25, 0.3) is 0 Å². The average Bonchev–Trinajstić information content (AvgIpc) is 3.07. The van der Waals surface area contributed by atoms with Crippen molar-refractivity contribution >= 4 is 39.7 Å². The zero-order valence-corrected chi connectivity index (χ0v) is 24.6. The van der Waals surface area contributed by atoms with Crippen LogP contribution in [-0.2, 0) is 0 Å². The molecule has 6 aromatic carbocycles. The predicted octanol–water partition coefficient (Wildman–Crippen LogP) is 7.36. The van der Waals surface area contributed by atoms with Gasteiger partial charge < -0.3 is 0 Å². The van der Waals surface area contributed by atoms with Gasteiger partial charge in [0.2, 0.25) is 0 Å². The van der Waals surface area contributed by atoms with Crippen molar-refractivity contribution in [2.45, 2.75) is 0 Å². The summed E-state index contributed by atoms with van der Waals surface area (Å²) < 4.78 is 42.5. The van der Waals surface area contributed by atoms with Gasteiger partial charge in [-0.05, 0) is 86.0 Å². The summed E-state index contributed by atoms with van der Waals surface area (Å²) in [6.45, 7) is 0. The lowest BCUT2D eigenvalue weighted by Gasteiger charge is -2.34. The molecule has 0 atom stereocenters. The SMILES string of the molecule is Fc1ccc([Si](c2ccc(F)cc2)(c2ccc(F)cc2)c2ccc(-c3cccc(-c4cccc5cccnc45)c3)cc2)cc1. The summed E-state index contributed by atoms with van der Waals surface area (Å²) in [5, 5.41) is 4.84. The normalized spacial score (nSPS) is 11.5. The van der Waals surface area contributed by atoms with E-state index >= 15 is 0 Å². The van der Waals surface area contributed by atoms with Gasteiger partial charge in [-0.1, -0.05) is 103 Å². The van der Waals surface area contributed by atoms with E-state index in [-0.39, 0.29) is 17.5 Å². The number of benzene rings is 6. The van der Waals surface area contributed by atoms with Crippen LogP contribution in [0.15, 0.2) is 158 Å². The van der Waals surface area contributed by atoms with Gasteiger partial charge in [0, 0.05) is 17.1 Å². The first-order valence-corrected chi connectivity index (χ1v) is 16.4. The van der Waals surface area contributed by atoms with Crippen LogP contribution in [0.5, 0.6) is 0 Å². The fraction of sp³-hybridized carbons (Fsp3) is 0. The summed E-state index contributed by atoms with van der Waals surface area (Å²) in [6, 6.07) is 46.5. The number of hydrogen-bond acceptors (Lipinski definition) is 1. The quantitative estimate of drug-likeness (QED) is 0.145. The largest absolute Gasteiger partial charge is 0.256 e. The molecule has 7 aromatic rings. The van der Waals surface area contributed by atoms with Crippen LogP contribution >= 0.6 is 0 Å². The fourth-order valence-electron chi connectivity index (χ4n) is 6.22. The second-order valence-electron chi connectivity index (χ2n) is 10.8. The molecule has 0 saturated heterocycles. The van der Waals surface area contributed by atoms with E-state index in [2.05, 4.69) is 71.7 Å². The minimum atomic E-state index is -3.09. The number of fused-ring (bicyclic) bond motifs is 1. The first-order valence-electron chi connectivity index (χ1n) is 14.4. The molecule has 5 heteroatoms. The summed E-state index contributed by atoms with van der Waals surface area (Å²) in [6.07, 6.45) is 1.81. The Morgan fingerprint density at radius 2 is 0.864 bits per heavy atom. The highest BCUT2D eigenvalue weighted by Crippen LogP contribution is 2.30. The van der Waals surface area contributed by atoms with Gasteiger partial charge in [-0.25, -0.2) is 13.2 Å². The van der Waals surface area contributed by atoms with E-state index < -0.39 is 8.07 Å². The van der Waals surface area contributed by atoms with Crippen LogP contribution in [-0.4, -0.2) is 13.1 Å². The van der Waals surface area contributed by atoms with Gasteiger partial charge in [0.1, 0.15) is 17.5 Å². The number of hydrogen-bond donors (Lipinski definition) is 0. The maximum atomic E-state index is 14.2. The Morgan fingerprint density at radius 1 is 0.409 bits per heavy atom. The van der Waals surface area contributed by atoms with Crippen molar-refractivity contribution in [3.8, 4) is 22.3 Å². The van der Waals surface area contributed by atoms with Gasteiger partial charge in [0.05, 0.1) is 5.52 Å². The van der Waals surface area contributed by atoms with Gasteiger partial charge in [-0.15, -0.1) is 0 Å². The number of para-hydroxylation sites is 1. The fourth-order valence-corrected chi connectivity index (χ4v) is 10.9. The number of pyridine rings is 1. The molecule has 0 unspecified atom stereocenters. The van der Waals surface area contributed by atoms with E-state index in [0.717, 1.165) is 53.9 Å². The van der Waals surface area contributed by atoms with Crippen molar-refractivity contribution in [1.82, 2.24) is 4.98 Å². The van der Waals surface area contributed by atoms with E-state index in [9.17, 15) is 13.2 Å². The molecular weight excluding hydrogens is 568 g/mol. The Bertz CT molecular complexity index is 1960. The predicted molar refractivity (Wildman–Crippen MR) is 176 cm³/mol. The third kappa shape index (κ3) is 4.91. The van der Waals surface area contributed by atoms with Gasteiger partial charge >= 0.3 is 0 Å². The topological polar surface area (TPSA) is 12.9 Å². The van der Waals surface area contributed by atoms with Crippen molar-refractivity contribution in [3.63, 3.8) is 0 Å². The molecule has 0 bridgehead atoms. The van der Waals surface area contributed by atoms with E-state index in [0.29, 0.717) is 0 Å². The molecular formula is C39H26F3NSi. The lowest BCUT2D eigenvalue weighted by Crippen LogP contribution is -2.74. The molecule has 0 aliphatic rings. The average molecular weight is 594 g/mol. The molecule has 0 aliphatic heterocycles. The summed E-state index contributed by atoms with van der Waals surface area (Å²) in [5.74, 6) is -1.02. The second-order valence-corrected chi connectivity index (χ2v) is 14.6. The van der Waals surface area contributed by atoms with E-state index in [1.165, 1.54) is 36.4 Å². The maximum Gasteiger partial charge on any atom is 0.179 e. The molecule has 44 heavy (non-hydrogen) atoms. The van der Waals surface area contributed by atoms with Crippen molar-refractivity contribution in [2.24, 2.45) is 0 Å². The Morgan fingerprint density at radius 3 is 1.41 bits per heavy atom. The van der Waals surface area contributed by atoms with Crippen molar-refractivity contribution in [3.05, 3.63) is 175 Å². The van der Waals surface area contributed by atoms with Crippen molar-refractivity contribution < 1.29 is 13.2 Å². The second kappa shape index (κ2) is 11.4. The number of nitrogens with zero attached hydrogens (tertiary/aromatic N) is 1. The van der Waals surface area contributed by atoms with Crippen LogP contribution < -0.4 is 20.7 Å². The van der Waals surface area contributed by atoms with E-state index in [1.807, 2.05) is 18.3 Å². The minimum Gasteiger partial charge on any atom is -0.256 e. The molecule has 0 radical (unpaired) electrons. The van der Waals surface area contributed by atoms with E-state index in [1.54, 1.807) is 36.4 Å². The number of aromatic nitrogens is 1. The molecule has 0 fully saturated rings. The molecule has 0 N–H and O–H groups in total. The Kier molecular flexibility index (Phi) is 7.16. The third-order valence-corrected chi connectivity index (χ3v) is 13.1. The van der Waals surface area contributed by atoms with Gasteiger partial charge in [-0.2, -0.15) is 0 Å². The molecule has 7 rings (SSSR count). The first kappa shape index (κ1) is 27.6. The molecule has 0 aliphatic carbocycles. The van der Waals surface area contributed by atoms with Crippen molar-refractivity contribution in [1.29, 1.82) is 0 Å². The highest BCUT2D eigenvalue weighted by Gasteiger charge is 2.41. The van der Waals surface area contributed by atoms with Crippen LogP contribution in [0.2, 0.25) is 0 Å². The van der Waals surface area contributed by atoms with Gasteiger partial charge in [0.15, 0.2) is 8.07 Å². The number of halogens is 3. The first-order chi connectivity index (χ1) is 21.5. The summed E-state index contributed by atoms with van der Waals surface area (Å²) in [4.78, 5) is 4.64. The Labute approximate surface area is 254 Å². The zero-order chi connectivity index (χ0) is 30.1.